The molecule has 1 fully saturated rings. The van der Waals surface area contributed by atoms with Crippen LogP contribution in [0.25, 0.3) is 0 Å². The quantitative estimate of drug-likeness (QED) is 0.771. The number of hydrogen-bond acceptors (Lipinski definition) is 2. The van der Waals surface area contributed by atoms with Crippen molar-refractivity contribution >= 4 is 17.4 Å². The van der Waals surface area contributed by atoms with E-state index >= 15 is 0 Å². The van der Waals surface area contributed by atoms with Gasteiger partial charge in [-0.2, -0.15) is 0 Å². The highest BCUT2D eigenvalue weighted by atomic mass is 35.5. The van der Waals surface area contributed by atoms with E-state index in [1.807, 2.05) is 24.3 Å². The van der Waals surface area contributed by atoms with Crippen LogP contribution in [0.2, 0.25) is 5.02 Å². The molecule has 0 radical (unpaired) electrons. The zero-order valence-corrected chi connectivity index (χ0v) is 8.55. The molecule has 2 N–H and O–H groups in total. The first-order chi connectivity index (χ1) is 6.60. The van der Waals surface area contributed by atoms with E-state index < -0.39 is 5.54 Å². The summed E-state index contributed by atoms with van der Waals surface area (Å²) in [4.78, 5) is 11.2. The number of carbonyl (C=O) groups excluding carboxylic acids is 1. The van der Waals surface area contributed by atoms with Gasteiger partial charge in [0.05, 0.1) is 0 Å². The van der Waals surface area contributed by atoms with E-state index in [2.05, 4.69) is 0 Å². The van der Waals surface area contributed by atoms with Crippen LogP contribution < -0.4 is 5.73 Å². The van der Waals surface area contributed by atoms with E-state index in [9.17, 15) is 4.79 Å². The Bertz CT molecular complexity index is 360. The van der Waals surface area contributed by atoms with E-state index in [0.29, 0.717) is 17.9 Å². The molecule has 14 heavy (non-hydrogen) atoms. The molecule has 0 bridgehead atoms. The molecule has 2 rings (SSSR count). The molecule has 1 aliphatic carbocycles. The molecule has 1 atom stereocenters. The van der Waals surface area contributed by atoms with Crippen molar-refractivity contribution < 1.29 is 4.79 Å². The summed E-state index contributed by atoms with van der Waals surface area (Å²) in [7, 11) is 0. The van der Waals surface area contributed by atoms with E-state index in [1.165, 1.54) is 0 Å². The number of ketones is 1. The monoisotopic (exact) mass is 209 g/mol. The lowest BCUT2D eigenvalue weighted by Crippen LogP contribution is -2.33. The first-order valence-corrected chi connectivity index (χ1v) is 5.05. The minimum absolute atomic E-state index is 0.252. The lowest BCUT2D eigenvalue weighted by Gasteiger charge is -2.23. The maximum Gasteiger partial charge on any atom is 0.135 e. The van der Waals surface area contributed by atoms with Crippen LogP contribution in [-0.4, -0.2) is 5.78 Å². The van der Waals surface area contributed by atoms with Gasteiger partial charge in [0.2, 0.25) is 0 Å². The smallest absolute Gasteiger partial charge is 0.135 e. The third-order valence-corrected chi connectivity index (χ3v) is 3.03. The topological polar surface area (TPSA) is 43.1 Å². The van der Waals surface area contributed by atoms with E-state index in [-0.39, 0.29) is 5.78 Å². The summed E-state index contributed by atoms with van der Waals surface area (Å²) in [6.45, 7) is 0. The molecule has 1 aromatic rings. The molecular weight excluding hydrogens is 198 g/mol. The van der Waals surface area contributed by atoms with Crippen LogP contribution in [0.1, 0.15) is 24.8 Å². The Hall–Kier alpha value is -0.860. The third kappa shape index (κ3) is 1.68. The van der Waals surface area contributed by atoms with Crippen LogP contribution in [0.5, 0.6) is 0 Å². The molecule has 0 aromatic heterocycles. The maximum absolute atomic E-state index is 11.2. The summed E-state index contributed by atoms with van der Waals surface area (Å²) in [5, 5.41) is 0.696. The largest absolute Gasteiger partial charge is 0.321 e. The van der Waals surface area contributed by atoms with Gasteiger partial charge in [-0.3, -0.25) is 4.79 Å². The van der Waals surface area contributed by atoms with Crippen molar-refractivity contribution in [3.8, 4) is 0 Å². The summed E-state index contributed by atoms with van der Waals surface area (Å²) in [5.41, 5.74) is 6.71. The van der Waals surface area contributed by atoms with Crippen LogP contribution in [0.3, 0.4) is 0 Å². The second-order valence-corrected chi connectivity index (χ2v) is 4.31. The molecular formula is C11H12ClNO. The zero-order chi connectivity index (χ0) is 10.2. The molecule has 0 aliphatic heterocycles. The van der Waals surface area contributed by atoms with E-state index in [4.69, 9.17) is 17.3 Å². The molecule has 1 aromatic carbocycles. The van der Waals surface area contributed by atoms with Gasteiger partial charge in [0, 0.05) is 23.4 Å². The van der Waals surface area contributed by atoms with Crippen molar-refractivity contribution in [2.24, 2.45) is 5.73 Å². The second kappa shape index (κ2) is 3.37. The fraction of sp³-hybridized carbons (Fsp3) is 0.364. The van der Waals surface area contributed by atoms with E-state index in [1.54, 1.807) is 0 Å². The fourth-order valence-corrected chi connectivity index (χ4v) is 2.05. The predicted molar refractivity (Wildman–Crippen MR) is 56.2 cm³/mol. The molecule has 0 spiro atoms. The van der Waals surface area contributed by atoms with Crippen LogP contribution in [0.4, 0.5) is 0 Å². The molecule has 0 amide bonds. The Morgan fingerprint density at radius 3 is 2.43 bits per heavy atom. The van der Waals surface area contributed by atoms with Crippen molar-refractivity contribution in [1.82, 2.24) is 0 Å². The Morgan fingerprint density at radius 2 is 1.93 bits per heavy atom. The number of Topliss-reactive ketones (excluding diaryl/α,β-unsaturated/α-hetero) is 1. The summed E-state index contributed by atoms with van der Waals surface area (Å²) in [6.07, 6.45) is 1.79. The minimum Gasteiger partial charge on any atom is -0.321 e. The molecule has 1 saturated carbocycles. The minimum atomic E-state index is -0.457. The second-order valence-electron chi connectivity index (χ2n) is 3.88. The molecule has 0 heterocycles. The van der Waals surface area contributed by atoms with Gasteiger partial charge >= 0.3 is 0 Å². The average Bonchev–Trinajstić information content (AvgIpc) is 2.48. The number of halogens is 1. The van der Waals surface area contributed by atoms with Crippen molar-refractivity contribution in [3.05, 3.63) is 34.9 Å². The number of rotatable bonds is 1. The summed E-state index contributed by atoms with van der Waals surface area (Å²) in [5.74, 6) is 0.252. The van der Waals surface area contributed by atoms with Gasteiger partial charge in [0.15, 0.2) is 0 Å². The first kappa shape index (κ1) is 9.69. The van der Waals surface area contributed by atoms with E-state index in [0.717, 1.165) is 12.0 Å². The highest BCUT2D eigenvalue weighted by Crippen LogP contribution is 2.34. The third-order valence-electron chi connectivity index (χ3n) is 2.78. The van der Waals surface area contributed by atoms with Gasteiger partial charge in [-0.05, 0) is 24.1 Å². The highest BCUT2D eigenvalue weighted by molar-refractivity contribution is 6.30. The van der Waals surface area contributed by atoms with Crippen LogP contribution >= 0.6 is 11.6 Å². The molecule has 0 saturated heterocycles. The number of carbonyl (C=O) groups is 1. The standard InChI is InChI=1S/C11H12ClNO/c12-9-3-1-8(2-4-9)11(13)6-5-10(14)7-11/h1-4H,5-7,13H2. The van der Waals surface area contributed by atoms with Gasteiger partial charge in [0.25, 0.3) is 0 Å². The SMILES string of the molecule is NC1(c2ccc(Cl)cc2)CCC(=O)C1. The maximum atomic E-state index is 11.2. The number of benzene rings is 1. The van der Waals surface area contributed by atoms with Gasteiger partial charge in [-0.25, -0.2) is 0 Å². The normalized spacial score (nSPS) is 26.9. The first-order valence-electron chi connectivity index (χ1n) is 4.67. The zero-order valence-electron chi connectivity index (χ0n) is 7.79. The summed E-state index contributed by atoms with van der Waals surface area (Å²) in [6, 6.07) is 7.43. The molecule has 1 unspecified atom stereocenters. The molecule has 1 aliphatic rings. The van der Waals surface area contributed by atoms with Crippen LogP contribution in [0.15, 0.2) is 24.3 Å². The van der Waals surface area contributed by atoms with Crippen LogP contribution in [-0.2, 0) is 10.3 Å². The van der Waals surface area contributed by atoms with Gasteiger partial charge in [0.1, 0.15) is 5.78 Å². The predicted octanol–water partition coefficient (Wildman–Crippen LogP) is 2.25. The van der Waals surface area contributed by atoms with Crippen molar-refractivity contribution in [2.45, 2.75) is 24.8 Å². The lowest BCUT2D eigenvalue weighted by molar-refractivity contribution is -0.117. The molecule has 74 valence electrons. The fourth-order valence-electron chi connectivity index (χ4n) is 1.92. The van der Waals surface area contributed by atoms with Crippen molar-refractivity contribution in [1.29, 1.82) is 0 Å². The van der Waals surface area contributed by atoms with Gasteiger partial charge < -0.3 is 5.73 Å². The molecule has 2 nitrogen and oxygen atoms in total. The summed E-state index contributed by atoms with van der Waals surface area (Å²) < 4.78 is 0. The Morgan fingerprint density at radius 1 is 1.29 bits per heavy atom. The Balaban J connectivity index is 2.30. The molecule has 3 heteroatoms. The number of nitrogens with two attached hydrogens (primary N) is 1. The Kier molecular flexibility index (Phi) is 2.33. The van der Waals surface area contributed by atoms with Crippen molar-refractivity contribution in [3.63, 3.8) is 0 Å². The Labute approximate surface area is 88.1 Å². The van der Waals surface area contributed by atoms with Gasteiger partial charge in [-0.1, -0.05) is 23.7 Å². The highest BCUT2D eigenvalue weighted by Gasteiger charge is 2.35. The van der Waals surface area contributed by atoms with Gasteiger partial charge in [-0.15, -0.1) is 0 Å². The number of hydrogen-bond donors (Lipinski definition) is 1. The average molecular weight is 210 g/mol. The van der Waals surface area contributed by atoms with Crippen LogP contribution in [0, 0.1) is 0 Å². The van der Waals surface area contributed by atoms with Crippen molar-refractivity contribution in [2.75, 3.05) is 0 Å². The lowest BCUT2D eigenvalue weighted by atomic mass is 9.89. The summed E-state index contributed by atoms with van der Waals surface area (Å²) >= 11 is 5.78.